The molecule has 2 saturated heterocycles. The maximum absolute atomic E-state index is 9.41. The normalized spacial score (nSPS) is 20.0. The first kappa shape index (κ1) is 27.3. The van der Waals surface area contributed by atoms with Crippen molar-refractivity contribution in [3.8, 4) is 16.2 Å². The minimum atomic E-state index is -0.349. The number of nitriles is 1. The summed E-state index contributed by atoms with van der Waals surface area (Å²) in [6.07, 6.45) is 16.0. The van der Waals surface area contributed by atoms with Crippen LogP contribution in [-0.2, 0) is 17.8 Å². The van der Waals surface area contributed by atoms with E-state index in [1.54, 1.807) is 4.68 Å². The first-order valence-electron chi connectivity index (χ1n) is 14.8. The van der Waals surface area contributed by atoms with E-state index in [0.717, 1.165) is 65.0 Å². The summed E-state index contributed by atoms with van der Waals surface area (Å²) in [4.78, 5) is 9.74. The van der Waals surface area contributed by atoms with Gasteiger partial charge < -0.3 is 0 Å². The Balaban J connectivity index is 1.09. The summed E-state index contributed by atoms with van der Waals surface area (Å²) in [7, 11) is 0. The number of aromatic nitrogens is 5. The Kier molecular flexibility index (Phi) is 7.55. The van der Waals surface area contributed by atoms with E-state index in [1.807, 2.05) is 18.3 Å². The minimum absolute atomic E-state index is 0.101. The number of hydrogen-bond acceptors (Lipinski definition) is 8. The van der Waals surface area contributed by atoms with Crippen LogP contribution in [-0.4, -0.2) is 76.4 Å². The molecular formula is C31H35N9OSe. The van der Waals surface area contributed by atoms with Crippen molar-refractivity contribution in [1.82, 2.24) is 29.3 Å². The Morgan fingerprint density at radius 1 is 1.14 bits per heavy atom. The van der Waals surface area contributed by atoms with E-state index in [0.29, 0.717) is 17.7 Å². The zero-order valence-electron chi connectivity index (χ0n) is 23.6. The molecule has 7 rings (SSSR count). The van der Waals surface area contributed by atoms with Gasteiger partial charge in [-0.25, -0.2) is 0 Å². The van der Waals surface area contributed by atoms with E-state index >= 15 is 0 Å². The van der Waals surface area contributed by atoms with Crippen LogP contribution in [0.1, 0.15) is 61.8 Å². The van der Waals surface area contributed by atoms with Crippen LogP contribution in [0, 0.1) is 21.1 Å². The summed E-state index contributed by atoms with van der Waals surface area (Å²) in [5.74, 6) is 0. The summed E-state index contributed by atoms with van der Waals surface area (Å²) in [6.45, 7) is 4.64. The molecule has 2 aliphatic heterocycles. The van der Waals surface area contributed by atoms with Crippen LogP contribution in [0.4, 0.5) is 5.69 Å². The van der Waals surface area contributed by atoms with Gasteiger partial charge in [0, 0.05) is 13.1 Å². The van der Waals surface area contributed by atoms with Crippen molar-refractivity contribution >= 4 is 37.0 Å². The molecular weight excluding hydrogens is 593 g/mol. The Hall–Kier alpha value is -3.55. The standard InChI is InChI=1S/C31H35N9OSe/c32-14-26-25(12-24(42-21-33)13-27(26)35-30-4-1-2-11-41-30)28-19-40(37-36-28)18-23-17-39-16-22(5-6-29(39)34-23)15-38-10-9-31(20-38)7-3-8-31/h5-6,12-14,16-17,19,30,32,35H,1-4,7-11,15,18,20H2. The third-order valence-electron chi connectivity index (χ3n) is 9.00. The maximum atomic E-state index is 9.41. The Morgan fingerprint density at radius 2 is 2.07 bits per heavy atom. The molecule has 10 nitrogen and oxygen atoms in total. The molecule has 1 aliphatic carbocycles. The summed E-state index contributed by atoms with van der Waals surface area (Å²) >= 11 is -0.349. The number of pyridine rings is 1. The molecule has 11 heteroatoms. The fraction of sp³-hybridized carbons (Fsp3) is 0.452. The van der Waals surface area contributed by atoms with Gasteiger partial charge in [0.05, 0.1) is 0 Å². The molecule has 42 heavy (non-hydrogen) atoms. The third kappa shape index (κ3) is 5.60. The van der Waals surface area contributed by atoms with Crippen LogP contribution in [0.25, 0.3) is 16.9 Å². The predicted molar refractivity (Wildman–Crippen MR) is 162 cm³/mol. The van der Waals surface area contributed by atoms with Crippen LogP contribution in [0.15, 0.2) is 42.9 Å². The van der Waals surface area contributed by atoms with E-state index in [4.69, 9.17) is 15.1 Å². The van der Waals surface area contributed by atoms with E-state index in [2.05, 4.69) is 54.4 Å². The number of nitrogens with zero attached hydrogens (tertiary/aromatic N) is 7. The zero-order valence-corrected chi connectivity index (χ0v) is 25.3. The predicted octanol–water partition coefficient (Wildman–Crippen LogP) is 3.76. The number of nitrogens with one attached hydrogen (secondary N) is 2. The average molecular weight is 629 g/mol. The molecule has 1 atom stereocenters. The fourth-order valence-electron chi connectivity index (χ4n) is 6.68. The second-order valence-corrected chi connectivity index (χ2v) is 13.7. The number of hydrogen-bond donors (Lipinski definition) is 2. The number of anilines is 1. The van der Waals surface area contributed by atoms with Crippen molar-refractivity contribution in [2.45, 2.75) is 64.3 Å². The number of fused-ring (bicyclic) bond motifs is 1. The molecule has 4 aromatic rings. The molecule has 3 aromatic heterocycles. The summed E-state index contributed by atoms with van der Waals surface area (Å²) < 4.78 is 10.7. The quantitative estimate of drug-likeness (QED) is 0.214. The molecule has 1 aromatic carbocycles. The Bertz CT molecular complexity index is 1640. The van der Waals surface area contributed by atoms with Crippen LogP contribution in [0.3, 0.4) is 0 Å². The van der Waals surface area contributed by atoms with Gasteiger partial charge in [-0.2, -0.15) is 0 Å². The average Bonchev–Trinajstić information content (AvgIpc) is 3.72. The summed E-state index contributed by atoms with van der Waals surface area (Å²) in [5.41, 5.74) is 6.72. The zero-order chi connectivity index (χ0) is 28.5. The SMILES string of the molecule is N#C[Se]c1cc(NC2CCCCO2)c(C=N)c(-c2cn(Cc3cn4cc(CN5CCC6(CCC6)C5)ccc4n3)nn2)c1. The van der Waals surface area contributed by atoms with Gasteiger partial charge >= 0.3 is 197 Å². The molecule has 0 bridgehead atoms. The Morgan fingerprint density at radius 3 is 2.83 bits per heavy atom. The molecule has 1 spiro atoms. The molecule has 0 radical (unpaired) electrons. The van der Waals surface area contributed by atoms with E-state index in [9.17, 15) is 5.26 Å². The number of ether oxygens (including phenoxy) is 1. The molecule has 2 N–H and O–H groups in total. The van der Waals surface area contributed by atoms with Gasteiger partial charge in [0.1, 0.15) is 0 Å². The first-order valence-corrected chi connectivity index (χ1v) is 16.5. The van der Waals surface area contributed by atoms with Gasteiger partial charge in [-0.3, -0.25) is 4.90 Å². The summed E-state index contributed by atoms with van der Waals surface area (Å²) in [5, 5.41) is 29.9. The fourth-order valence-corrected chi connectivity index (χ4v) is 7.65. The molecule has 3 aliphatic rings. The van der Waals surface area contributed by atoms with Crippen molar-refractivity contribution in [3.63, 3.8) is 0 Å². The molecule has 1 saturated carbocycles. The van der Waals surface area contributed by atoms with Gasteiger partial charge in [0.15, 0.2) is 0 Å². The van der Waals surface area contributed by atoms with Crippen molar-refractivity contribution in [2.75, 3.05) is 25.0 Å². The van der Waals surface area contributed by atoms with Gasteiger partial charge in [-0.1, -0.05) is 6.42 Å². The van der Waals surface area contributed by atoms with Gasteiger partial charge in [0.2, 0.25) is 0 Å². The van der Waals surface area contributed by atoms with Crippen LogP contribution >= 0.6 is 0 Å². The van der Waals surface area contributed by atoms with Crippen molar-refractivity contribution < 1.29 is 4.74 Å². The molecule has 3 fully saturated rings. The number of imidazole rings is 1. The molecule has 216 valence electrons. The number of rotatable bonds is 9. The Labute approximate surface area is 251 Å². The van der Waals surface area contributed by atoms with E-state index < -0.39 is 0 Å². The van der Waals surface area contributed by atoms with Crippen molar-refractivity contribution in [3.05, 3.63) is 59.7 Å². The van der Waals surface area contributed by atoms with Crippen molar-refractivity contribution in [2.24, 2.45) is 5.41 Å². The molecule has 5 heterocycles. The van der Waals surface area contributed by atoms with Crippen LogP contribution < -0.4 is 9.78 Å². The van der Waals surface area contributed by atoms with Gasteiger partial charge in [-0.05, 0) is 31.2 Å². The summed E-state index contributed by atoms with van der Waals surface area (Å²) in [6, 6.07) is 8.23. The van der Waals surface area contributed by atoms with Crippen LogP contribution in [0.5, 0.6) is 0 Å². The van der Waals surface area contributed by atoms with Crippen molar-refractivity contribution in [1.29, 1.82) is 10.7 Å². The van der Waals surface area contributed by atoms with E-state index in [-0.39, 0.29) is 21.2 Å². The number of benzene rings is 1. The third-order valence-corrected chi connectivity index (χ3v) is 10.2. The topological polar surface area (TPSA) is 120 Å². The first-order chi connectivity index (χ1) is 20.6. The second-order valence-electron chi connectivity index (χ2n) is 11.9. The van der Waals surface area contributed by atoms with Gasteiger partial charge in [-0.15, -0.1) is 0 Å². The van der Waals surface area contributed by atoms with Gasteiger partial charge in [0.25, 0.3) is 0 Å². The molecule has 1 unspecified atom stereocenters. The van der Waals surface area contributed by atoms with E-state index in [1.165, 1.54) is 50.6 Å². The van der Waals surface area contributed by atoms with Crippen LogP contribution in [0.2, 0.25) is 0 Å². The second kappa shape index (κ2) is 11.6. The number of likely N-dealkylation sites (tertiary alicyclic amines) is 1. The molecule has 0 amide bonds. The monoisotopic (exact) mass is 629 g/mol.